The van der Waals surface area contributed by atoms with Crippen LogP contribution in [0.2, 0.25) is 0 Å². The van der Waals surface area contributed by atoms with Crippen LogP contribution < -0.4 is 4.74 Å². The van der Waals surface area contributed by atoms with E-state index >= 15 is 0 Å². The number of rotatable bonds is 3. The Hall–Kier alpha value is -3.10. The average Bonchev–Trinajstić information content (AvgIpc) is 3.09. The standard InChI is InChI=1S/C23H20F3NO4/c1-31-15-9-13(8-14(10-15)23(24,25)26)16-4-2-6-18-17(16)5-3-7-19(18)22(30)27-11-20(28)21(29)12-27/h2-10,20-21,28-29H,11-12H2,1H3/t20-,21-/m1/s1. The van der Waals surface area contributed by atoms with E-state index in [1.54, 1.807) is 36.4 Å². The number of methoxy groups -OCH3 is 1. The number of fused-ring (bicyclic) bond motifs is 1. The van der Waals surface area contributed by atoms with Crippen LogP contribution in [0, 0.1) is 0 Å². The van der Waals surface area contributed by atoms with Crippen molar-refractivity contribution in [3.8, 4) is 16.9 Å². The van der Waals surface area contributed by atoms with Gasteiger partial charge in [0, 0.05) is 18.7 Å². The number of aliphatic hydroxyl groups is 2. The van der Waals surface area contributed by atoms with Crippen LogP contribution in [0.25, 0.3) is 21.9 Å². The minimum Gasteiger partial charge on any atom is -0.497 e. The zero-order chi connectivity index (χ0) is 22.3. The van der Waals surface area contributed by atoms with Gasteiger partial charge in [-0.3, -0.25) is 4.79 Å². The normalized spacial score (nSPS) is 19.1. The number of ether oxygens (including phenoxy) is 1. The number of hydrogen-bond donors (Lipinski definition) is 2. The molecule has 3 aromatic rings. The van der Waals surface area contributed by atoms with Gasteiger partial charge in [0.2, 0.25) is 0 Å². The molecule has 1 fully saturated rings. The summed E-state index contributed by atoms with van der Waals surface area (Å²) in [7, 11) is 1.30. The second kappa shape index (κ2) is 7.86. The van der Waals surface area contributed by atoms with Crippen molar-refractivity contribution in [2.45, 2.75) is 18.4 Å². The summed E-state index contributed by atoms with van der Waals surface area (Å²) in [5.41, 5.74) is 0.359. The van der Waals surface area contributed by atoms with E-state index in [9.17, 15) is 28.2 Å². The summed E-state index contributed by atoms with van der Waals surface area (Å²) in [5.74, 6) is -0.283. The number of halogens is 3. The first-order chi connectivity index (χ1) is 14.7. The molecular formula is C23H20F3NO4. The fraction of sp³-hybridized carbons (Fsp3) is 0.261. The highest BCUT2D eigenvalue weighted by molar-refractivity contribution is 6.10. The van der Waals surface area contributed by atoms with Crippen LogP contribution in [-0.2, 0) is 6.18 Å². The Balaban J connectivity index is 1.84. The highest BCUT2D eigenvalue weighted by atomic mass is 19.4. The van der Waals surface area contributed by atoms with Gasteiger partial charge in [0.15, 0.2) is 0 Å². The third-order valence-electron chi connectivity index (χ3n) is 5.48. The maximum absolute atomic E-state index is 13.4. The second-order valence-electron chi connectivity index (χ2n) is 7.50. The van der Waals surface area contributed by atoms with Gasteiger partial charge in [-0.05, 0) is 46.2 Å². The molecule has 8 heteroatoms. The lowest BCUT2D eigenvalue weighted by Crippen LogP contribution is -2.29. The van der Waals surface area contributed by atoms with E-state index in [-0.39, 0.29) is 24.7 Å². The van der Waals surface area contributed by atoms with Crippen molar-refractivity contribution in [1.82, 2.24) is 4.90 Å². The smallest absolute Gasteiger partial charge is 0.416 e. The molecule has 0 unspecified atom stereocenters. The van der Waals surface area contributed by atoms with Crippen molar-refractivity contribution in [3.63, 3.8) is 0 Å². The first-order valence-electron chi connectivity index (χ1n) is 9.63. The summed E-state index contributed by atoms with van der Waals surface area (Å²) in [6.45, 7) is 0.0296. The summed E-state index contributed by atoms with van der Waals surface area (Å²) >= 11 is 0. The Labute approximate surface area is 176 Å². The molecule has 0 aliphatic carbocycles. The molecule has 31 heavy (non-hydrogen) atoms. The van der Waals surface area contributed by atoms with Gasteiger partial charge in [0.05, 0.1) is 24.9 Å². The SMILES string of the molecule is COc1cc(-c2cccc3c(C(=O)N4C[C@@H](O)[C@H](O)C4)cccc23)cc(C(F)(F)F)c1. The zero-order valence-electron chi connectivity index (χ0n) is 16.6. The minimum atomic E-state index is -4.54. The maximum atomic E-state index is 13.4. The Morgan fingerprint density at radius 2 is 1.65 bits per heavy atom. The predicted octanol–water partition coefficient (Wildman–Crippen LogP) is 3.71. The molecule has 1 amide bonds. The lowest BCUT2D eigenvalue weighted by Gasteiger charge is -2.18. The molecule has 1 aliphatic heterocycles. The summed E-state index contributed by atoms with van der Waals surface area (Å²) in [5, 5.41) is 20.7. The van der Waals surface area contributed by atoms with Crippen LogP contribution in [0.5, 0.6) is 5.75 Å². The van der Waals surface area contributed by atoms with E-state index in [0.717, 1.165) is 12.1 Å². The lowest BCUT2D eigenvalue weighted by atomic mass is 9.94. The third kappa shape index (κ3) is 3.96. The summed E-state index contributed by atoms with van der Waals surface area (Å²) in [6, 6.07) is 13.6. The van der Waals surface area contributed by atoms with E-state index in [1.165, 1.54) is 18.1 Å². The van der Waals surface area contributed by atoms with Crippen LogP contribution in [0.15, 0.2) is 54.6 Å². The third-order valence-corrected chi connectivity index (χ3v) is 5.48. The number of nitrogens with zero attached hydrogens (tertiary/aromatic N) is 1. The molecule has 0 spiro atoms. The van der Waals surface area contributed by atoms with Crippen molar-refractivity contribution in [2.24, 2.45) is 0 Å². The molecule has 5 nitrogen and oxygen atoms in total. The van der Waals surface area contributed by atoms with Crippen molar-refractivity contribution < 1.29 is 32.9 Å². The molecule has 1 aliphatic rings. The number of amides is 1. The van der Waals surface area contributed by atoms with Crippen LogP contribution in [-0.4, -0.2) is 53.4 Å². The number of likely N-dealkylation sites (tertiary alicyclic amines) is 1. The van der Waals surface area contributed by atoms with Crippen molar-refractivity contribution in [1.29, 1.82) is 0 Å². The molecule has 1 saturated heterocycles. The van der Waals surface area contributed by atoms with E-state index in [4.69, 9.17) is 4.74 Å². The molecule has 0 radical (unpaired) electrons. The van der Waals surface area contributed by atoms with Crippen LogP contribution in [0.1, 0.15) is 15.9 Å². The molecule has 2 atom stereocenters. The molecular weight excluding hydrogens is 411 g/mol. The molecule has 3 aromatic carbocycles. The average molecular weight is 431 g/mol. The Morgan fingerprint density at radius 1 is 1.00 bits per heavy atom. The van der Waals surface area contributed by atoms with E-state index in [2.05, 4.69) is 0 Å². The van der Waals surface area contributed by atoms with Gasteiger partial charge < -0.3 is 19.8 Å². The second-order valence-corrected chi connectivity index (χ2v) is 7.50. The van der Waals surface area contributed by atoms with Gasteiger partial charge in [0.1, 0.15) is 5.75 Å². The maximum Gasteiger partial charge on any atom is 0.416 e. The largest absolute Gasteiger partial charge is 0.497 e. The number of alkyl halides is 3. The first kappa shape index (κ1) is 21.1. The van der Waals surface area contributed by atoms with Crippen molar-refractivity contribution in [3.05, 3.63) is 65.7 Å². The topological polar surface area (TPSA) is 70.0 Å². The molecule has 0 saturated carbocycles. The monoisotopic (exact) mass is 431 g/mol. The Morgan fingerprint density at radius 3 is 2.29 bits per heavy atom. The first-order valence-corrected chi connectivity index (χ1v) is 9.63. The number of β-amino-alcohol motifs (C(OH)–C–C–N with tert-alkyl or cyclic N) is 2. The Kier molecular flexibility index (Phi) is 5.36. The van der Waals surface area contributed by atoms with Crippen LogP contribution in [0.4, 0.5) is 13.2 Å². The van der Waals surface area contributed by atoms with Gasteiger partial charge in [-0.25, -0.2) is 0 Å². The van der Waals surface area contributed by atoms with Crippen molar-refractivity contribution in [2.75, 3.05) is 20.2 Å². The van der Waals surface area contributed by atoms with Gasteiger partial charge >= 0.3 is 6.18 Å². The van der Waals surface area contributed by atoms with E-state index < -0.39 is 23.9 Å². The molecule has 4 rings (SSSR count). The van der Waals surface area contributed by atoms with Gasteiger partial charge in [-0.2, -0.15) is 13.2 Å². The van der Waals surface area contributed by atoms with E-state index in [1.807, 2.05) is 0 Å². The minimum absolute atomic E-state index is 0.0148. The Bertz CT molecular complexity index is 1140. The van der Waals surface area contributed by atoms with Gasteiger partial charge in [0.25, 0.3) is 5.91 Å². The zero-order valence-corrected chi connectivity index (χ0v) is 16.6. The summed E-state index contributed by atoms with van der Waals surface area (Å²) in [6.07, 6.45) is -6.55. The highest BCUT2D eigenvalue weighted by Gasteiger charge is 2.34. The number of carbonyl (C=O) groups excluding carboxylic acids is 1. The number of benzene rings is 3. The van der Waals surface area contributed by atoms with Crippen LogP contribution >= 0.6 is 0 Å². The quantitative estimate of drug-likeness (QED) is 0.664. The molecule has 0 bridgehead atoms. The molecule has 0 aromatic heterocycles. The fourth-order valence-corrected chi connectivity index (χ4v) is 3.89. The summed E-state index contributed by atoms with van der Waals surface area (Å²) in [4.78, 5) is 14.4. The lowest BCUT2D eigenvalue weighted by molar-refractivity contribution is -0.137. The predicted molar refractivity (Wildman–Crippen MR) is 109 cm³/mol. The molecule has 1 heterocycles. The highest BCUT2D eigenvalue weighted by Crippen LogP contribution is 2.38. The van der Waals surface area contributed by atoms with Crippen molar-refractivity contribution >= 4 is 16.7 Å². The molecule has 2 N–H and O–H groups in total. The van der Waals surface area contributed by atoms with Gasteiger partial charge in [-0.15, -0.1) is 0 Å². The van der Waals surface area contributed by atoms with Gasteiger partial charge in [-0.1, -0.05) is 30.3 Å². The summed E-state index contributed by atoms with van der Waals surface area (Å²) < 4.78 is 45.2. The van der Waals surface area contributed by atoms with Crippen LogP contribution in [0.3, 0.4) is 0 Å². The fourth-order valence-electron chi connectivity index (χ4n) is 3.89. The molecule has 162 valence electrons. The number of hydrogen-bond acceptors (Lipinski definition) is 4. The number of aliphatic hydroxyl groups excluding tert-OH is 2. The number of carbonyl (C=O) groups is 1. The van der Waals surface area contributed by atoms with E-state index in [0.29, 0.717) is 27.5 Å².